The van der Waals surface area contributed by atoms with Gasteiger partial charge >= 0.3 is 0 Å². The Labute approximate surface area is 176 Å². The van der Waals surface area contributed by atoms with Crippen molar-refractivity contribution in [1.29, 1.82) is 0 Å². The Hall–Kier alpha value is -2.58. The zero-order valence-corrected chi connectivity index (χ0v) is 18.3. The number of hydrogen-bond donors (Lipinski definition) is 0. The highest BCUT2D eigenvalue weighted by Gasteiger charge is 2.32. The van der Waals surface area contributed by atoms with Crippen LogP contribution in [-0.2, 0) is 15.4 Å². The van der Waals surface area contributed by atoms with Crippen molar-refractivity contribution >= 4 is 20.9 Å². The number of fused-ring (bicyclic) bond motifs is 1. The quantitative estimate of drug-likeness (QED) is 0.642. The van der Waals surface area contributed by atoms with E-state index in [9.17, 15) is 13.2 Å². The lowest BCUT2D eigenvalue weighted by Crippen LogP contribution is -2.41. The van der Waals surface area contributed by atoms with Crippen LogP contribution in [0.25, 0.3) is 10.9 Å². The van der Waals surface area contributed by atoms with E-state index in [2.05, 4.69) is 30.9 Å². The molecule has 0 saturated carbocycles. The summed E-state index contributed by atoms with van der Waals surface area (Å²) in [5.74, 6) is 0. The van der Waals surface area contributed by atoms with Gasteiger partial charge in [0.1, 0.15) is 4.90 Å². The summed E-state index contributed by atoms with van der Waals surface area (Å²) in [5, 5.41) is 5.37. The van der Waals surface area contributed by atoms with Gasteiger partial charge in [0.2, 0.25) is 10.0 Å². The first-order valence-corrected chi connectivity index (χ1v) is 11.6. The second-order valence-corrected chi connectivity index (χ2v) is 10.6. The summed E-state index contributed by atoms with van der Waals surface area (Å²) >= 11 is 0. The highest BCUT2D eigenvalue weighted by Crippen LogP contribution is 2.29. The van der Waals surface area contributed by atoms with Crippen molar-refractivity contribution in [2.24, 2.45) is 0 Å². The summed E-state index contributed by atoms with van der Waals surface area (Å²) in [6, 6.07) is 12.1. The fourth-order valence-electron chi connectivity index (χ4n) is 3.84. The number of rotatable bonds is 3. The molecule has 1 aromatic carbocycles. The molecule has 1 saturated heterocycles. The maximum absolute atomic E-state index is 13.3. The molecule has 0 atom stereocenters. The number of aromatic nitrogens is 3. The first kappa shape index (κ1) is 20.7. The number of nitrogens with zero attached hydrogens (tertiary/aromatic N) is 4. The van der Waals surface area contributed by atoms with Gasteiger partial charge in [0.25, 0.3) is 5.56 Å². The summed E-state index contributed by atoms with van der Waals surface area (Å²) in [6.07, 6.45) is 2.68. The molecule has 7 nitrogen and oxygen atoms in total. The van der Waals surface area contributed by atoms with E-state index in [1.807, 2.05) is 12.1 Å². The molecule has 1 aliphatic heterocycles. The maximum Gasteiger partial charge on any atom is 0.267 e. The Morgan fingerprint density at radius 3 is 2.40 bits per heavy atom. The van der Waals surface area contributed by atoms with Crippen LogP contribution >= 0.6 is 0 Å². The lowest BCUT2D eigenvalue weighted by molar-refractivity contribution is 0.252. The van der Waals surface area contributed by atoms with Crippen molar-refractivity contribution < 1.29 is 8.42 Å². The van der Waals surface area contributed by atoms with Gasteiger partial charge in [-0.1, -0.05) is 39.0 Å². The summed E-state index contributed by atoms with van der Waals surface area (Å²) in [7, 11) is -3.67. The smallest absolute Gasteiger partial charge is 0.267 e. The fraction of sp³-hybridized carbons (Fsp3) is 0.409. The number of piperidine rings is 1. The third-order valence-corrected chi connectivity index (χ3v) is 7.51. The van der Waals surface area contributed by atoms with Crippen molar-refractivity contribution in [2.75, 3.05) is 13.1 Å². The average Bonchev–Trinajstić information content (AvgIpc) is 2.73. The van der Waals surface area contributed by atoms with E-state index < -0.39 is 10.0 Å². The molecule has 0 N–H and O–H groups in total. The van der Waals surface area contributed by atoms with Crippen molar-refractivity contribution in [3.05, 3.63) is 64.7 Å². The zero-order valence-electron chi connectivity index (χ0n) is 17.4. The topological polar surface area (TPSA) is 85.2 Å². The van der Waals surface area contributed by atoms with E-state index in [0.717, 1.165) is 11.1 Å². The summed E-state index contributed by atoms with van der Waals surface area (Å²) in [6.45, 7) is 6.83. The highest BCUT2D eigenvalue weighted by atomic mass is 32.2. The number of para-hydroxylation sites is 1. The van der Waals surface area contributed by atoms with Gasteiger partial charge in [-0.15, -0.1) is 0 Å². The number of hydrogen-bond acceptors (Lipinski definition) is 5. The van der Waals surface area contributed by atoms with Gasteiger partial charge in [-0.3, -0.25) is 9.78 Å². The molecule has 3 heterocycles. The van der Waals surface area contributed by atoms with Crippen molar-refractivity contribution in [3.63, 3.8) is 0 Å². The molecule has 2 aromatic heterocycles. The molecular weight excluding hydrogens is 400 g/mol. The zero-order chi connectivity index (χ0) is 21.5. The third kappa shape index (κ3) is 3.77. The highest BCUT2D eigenvalue weighted by molar-refractivity contribution is 7.89. The molecule has 4 rings (SSSR count). The molecule has 1 aliphatic rings. The van der Waals surface area contributed by atoms with Crippen LogP contribution in [0.5, 0.6) is 0 Å². The molecule has 8 heteroatoms. The number of sulfonamides is 1. The van der Waals surface area contributed by atoms with Gasteiger partial charge in [0.05, 0.1) is 17.3 Å². The van der Waals surface area contributed by atoms with Crippen LogP contribution < -0.4 is 5.56 Å². The van der Waals surface area contributed by atoms with Gasteiger partial charge in [0.15, 0.2) is 0 Å². The fourth-order valence-corrected chi connectivity index (χ4v) is 5.47. The second-order valence-electron chi connectivity index (χ2n) is 8.72. The monoisotopic (exact) mass is 426 g/mol. The predicted molar refractivity (Wildman–Crippen MR) is 116 cm³/mol. The average molecular weight is 427 g/mol. The minimum atomic E-state index is -3.67. The summed E-state index contributed by atoms with van der Waals surface area (Å²) < 4.78 is 29.6. The minimum Gasteiger partial charge on any atom is -0.268 e. The molecule has 0 radical (unpaired) electrons. The van der Waals surface area contributed by atoms with Crippen LogP contribution in [0.1, 0.15) is 45.3 Å². The van der Waals surface area contributed by atoms with Gasteiger partial charge in [0, 0.05) is 36.2 Å². The van der Waals surface area contributed by atoms with E-state index in [-0.39, 0.29) is 21.9 Å². The third-order valence-electron chi connectivity index (χ3n) is 5.58. The molecule has 158 valence electrons. The minimum absolute atomic E-state index is 0.114. The normalized spacial score (nSPS) is 16.8. The lowest BCUT2D eigenvalue weighted by Gasteiger charge is -2.32. The first-order chi connectivity index (χ1) is 14.2. The molecule has 0 spiro atoms. The molecule has 0 aliphatic carbocycles. The van der Waals surface area contributed by atoms with Crippen molar-refractivity contribution in [2.45, 2.75) is 50.0 Å². The van der Waals surface area contributed by atoms with Crippen LogP contribution in [0.4, 0.5) is 0 Å². The van der Waals surface area contributed by atoms with Crippen LogP contribution in [0.2, 0.25) is 0 Å². The van der Waals surface area contributed by atoms with Crippen molar-refractivity contribution in [3.8, 4) is 0 Å². The standard InChI is InChI=1S/C22H26N4O3S/c1-22(2,3)19-9-10-20(27)26(24-19)17-11-14-25(15-12-17)30(28,29)18-8-4-6-16-7-5-13-23-21(16)18/h4-10,13,17H,11-12,14-15H2,1-3H3. The summed E-state index contributed by atoms with van der Waals surface area (Å²) in [4.78, 5) is 16.9. The van der Waals surface area contributed by atoms with Gasteiger partial charge in [-0.2, -0.15) is 9.40 Å². The molecule has 0 amide bonds. The lowest BCUT2D eigenvalue weighted by atomic mass is 9.92. The largest absolute Gasteiger partial charge is 0.268 e. The number of pyridine rings is 1. The van der Waals surface area contributed by atoms with Crippen LogP contribution in [0.15, 0.2) is 58.4 Å². The van der Waals surface area contributed by atoms with E-state index in [4.69, 9.17) is 0 Å². The van der Waals surface area contributed by atoms with E-state index in [0.29, 0.717) is 31.4 Å². The SMILES string of the molecule is CC(C)(C)c1ccc(=O)n(C2CCN(S(=O)(=O)c3cccc4cccnc34)CC2)n1. The second kappa shape index (κ2) is 7.59. The van der Waals surface area contributed by atoms with Gasteiger partial charge in [-0.05, 0) is 31.0 Å². The van der Waals surface area contributed by atoms with Crippen molar-refractivity contribution in [1.82, 2.24) is 19.1 Å². The summed E-state index contributed by atoms with van der Waals surface area (Å²) in [5.41, 5.74) is 1.01. The Balaban J connectivity index is 1.58. The number of benzene rings is 1. The van der Waals surface area contributed by atoms with E-state index >= 15 is 0 Å². The molecule has 30 heavy (non-hydrogen) atoms. The predicted octanol–water partition coefficient (Wildman–Crippen LogP) is 3.11. The van der Waals surface area contributed by atoms with Crippen LogP contribution in [0, 0.1) is 0 Å². The van der Waals surface area contributed by atoms with Gasteiger partial charge in [-0.25, -0.2) is 13.1 Å². The molecule has 0 unspecified atom stereocenters. The first-order valence-electron chi connectivity index (χ1n) is 10.1. The Morgan fingerprint density at radius 1 is 1.00 bits per heavy atom. The van der Waals surface area contributed by atoms with E-state index in [1.54, 1.807) is 36.5 Å². The van der Waals surface area contributed by atoms with Gasteiger partial charge < -0.3 is 0 Å². The van der Waals surface area contributed by atoms with Crippen LogP contribution in [0.3, 0.4) is 0 Å². The Kier molecular flexibility index (Phi) is 5.23. The molecule has 3 aromatic rings. The molecule has 1 fully saturated rings. The molecular formula is C22H26N4O3S. The Bertz CT molecular complexity index is 1230. The Morgan fingerprint density at radius 2 is 1.70 bits per heavy atom. The van der Waals surface area contributed by atoms with E-state index in [1.165, 1.54) is 8.99 Å². The van der Waals surface area contributed by atoms with Crippen LogP contribution in [-0.4, -0.2) is 40.6 Å². The maximum atomic E-state index is 13.3. The molecule has 0 bridgehead atoms.